The summed E-state index contributed by atoms with van der Waals surface area (Å²) in [6.45, 7) is 1.66. The average Bonchev–Trinajstić information content (AvgIpc) is 2.43. The van der Waals surface area contributed by atoms with Gasteiger partial charge in [-0.1, -0.05) is 0 Å². The predicted octanol–water partition coefficient (Wildman–Crippen LogP) is 3.55. The maximum absolute atomic E-state index is 13.0. The third kappa shape index (κ3) is 0.895. The highest BCUT2D eigenvalue weighted by atomic mass is 32.1. The van der Waals surface area contributed by atoms with Crippen molar-refractivity contribution in [2.75, 3.05) is 0 Å². The molecule has 2 aromatic heterocycles. The van der Waals surface area contributed by atoms with E-state index in [2.05, 4.69) is 0 Å². The maximum Gasteiger partial charge on any atom is 0.154 e. The van der Waals surface area contributed by atoms with Crippen LogP contribution in [0.4, 0.5) is 8.78 Å². The van der Waals surface area contributed by atoms with E-state index in [0.717, 1.165) is 11.3 Å². The minimum absolute atomic E-state index is 0.265. The molecule has 0 aromatic carbocycles. The molecule has 2 heterocycles. The van der Waals surface area contributed by atoms with Crippen LogP contribution < -0.4 is 0 Å². The third-order valence-corrected chi connectivity index (χ3v) is 3.63. The Balaban J connectivity index is 2.93. The van der Waals surface area contributed by atoms with E-state index in [-0.39, 0.29) is 11.6 Å². The lowest BCUT2D eigenvalue weighted by Gasteiger charge is -1.78. The second-order valence-electron chi connectivity index (χ2n) is 2.21. The summed E-state index contributed by atoms with van der Waals surface area (Å²) >= 11 is 2.29. The highest BCUT2D eigenvalue weighted by molar-refractivity contribution is 7.27. The molecule has 0 aliphatic carbocycles. The summed E-state index contributed by atoms with van der Waals surface area (Å²) in [6, 6.07) is 0. The third-order valence-electron chi connectivity index (χ3n) is 1.47. The Kier molecular flexibility index (Phi) is 1.47. The van der Waals surface area contributed by atoms with Gasteiger partial charge in [-0.25, -0.2) is 8.78 Å². The van der Waals surface area contributed by atoms with Crippen molar-refractivity contribution in [2.24, 2.45) is 0 Å². The van der Waals surface area contributed by atoms with E-state index < -0.39 is 0 Å². The van der Waals surface area contributed by atoms with Gasteiger partial charge in [0.25, 0.3) is 0 Å². The van der Waals surface area contributed by atoms with E-state index >= 15 is 0 Å². The van der Waals surface area contributed by atoms with Crippen molar-refractivity contribution in [3.8, 4) is 0 Å². The van der Waals surface area contributed by atoms with E-state index in [1.54, 1.807) is 6.92 Å². The molecule has 2 aromatic rings. The smallest absolute Gasteiger partial charge is 0.154 e. The molecule has 0 atom stereocenters. The van der Waals surface area contributed by atoms with Crippen molar-refractivity contribution >= 4 is 32.1 Å². The molecule has 4 heteroatoms. The van der Waals surface area contributed by atoms with Crippen LogP contribution in [0.1, 0.15) is 4.88 Å². The van der Waals surface area contributed by atoms with Gasteiger partial charge in [-0.15, -0.1) is 22.7 Å². The first-order chi connectivity index (χ1) is 5.20. The minimum Gasteiger partial charge on any atom is -0.204 e. The fraction of sp³-hybridized carbons (Fsp3) is 0.143. The first-order valence-electron chi connectivity index (χ1n) is 3.01. The highest BCUT2D eigenvalue weighted by Gasteiger charge is 2.13. The monoisotopic (exact) mass is 190 g/mol. The van der Waals surface area contributed by atoms with Gasteiger partial charge in [-0.3, -0.25) is 0 Å². The molecule has 0 fully saturated rings. The van der Waals surface area contributed by atoms with Crippen LogP contribution in [0.5, 0.6) is 0 Å². The summed E-state index contributed by atoms with van der Waals surface area (Å²) in [5, 5.41) is 1.34. The van der Waals surface area contributed by atoms with Gasteiger partial charge < -0.3 is 0 Å². The van der Waals surface area contributed by atoms with Gasteiger partial charge in [0.15, 0.2) is 11.6 Å². The van der Waals surface area contributed by atoms with Crippen molar-refractivity contribution < 1.29 is 8.78 Å². The largest absolute Gasteiger partial charge is 0.204 e. The molecule has 0 saturated carbocycles. The zero-order valence-electron chi connectivity index (χ0n) is 5.65. The van der Waals surface area contributed by atoms with Gasteiger partial charge in [0.2, 0.25) is 0 Å². The van der Waals surface area contributed by atoms with E-state index in [4.69, 9.17) is 0 Å². The SMILES string of the molecule is Cc1sc2c(F)csc2c1F. The normalized spacial score (nSPS) is 11.2. The summed E-state index contributed by atoms with van der Waals surface area (Å²) in [7, 11) is 0. The van der Waals surface area contributed by atoms with E-state index in [1.165, 1.54) is 16.7 Å². The lowest BCUT2D eigenvalue weighted by molar-refractivity contribution is 0.636. The number of thiophene rings is 2. The van der Waals surface area contributed by atoms with Crippen molar-refractivity contribution in [1.29, 1.82) is 0 Å². The standard InChI is InChI=1S/C7H4F2S2/c1-3-5(9)7-6(11-3)4(8)2-10-7/h2H,1H3. The molecule has 0 unspecified atom stereocenters. The fourth-order valence-electron chi connectivity index (χ4n) is 0.930. The average molecular weight is 190 g/mol. The molecule has 0 aliphatic heterocycles. The molecule has 0 saturated heterocycles. The molecular formula is C7H4F2S2. The Labute approximate surface area is 70.1 Å². The van der Waals surface area contributed by atoms with Crippen LogP contribution in [0.3, 0.4) is 0 Å². The van der Waals surface area contributed by atoms with Crippen LogP contribution >= 0.6 is 22.7 Å². The van der Waals surface area contributed by atoms with Crippen LogP contribution in [0.25, 0.3) is 9.40 Å². The zero-order chi connectivity index (χ0) is 8.01. The molecule has 0 nitrogen and oxygen atoms in total. The minimum atomic E-state index is -0.304. The zero-order valence-corrected chi connectivity index (χ0v) is 7.28. The van der Waals surface area contributed by atoms with Gasteiger partial charge in [0.1, 0.15) is 0 Å². The van der Waals surface area contributed by atoms with E-state index in [1.807, 2.05) is 0 Å². The number of rotatable bonds is 0. The number of aryl methyl sites for hydroxylation is 1. The molecule has 2 rings (SSSR count). The summed E-state index contributed by atoms with van der Waals surface area (Å²) in [5.74, 6) is -0.569. The topological polar surface area (TPSA) is 0 Å². The Morgan fingerprint density at radius 3 is 2.64 bits per heavy atom. The van der Waals surface area contributed by atoms with Crippen LogP contribution in [0.2, 0.25) is 0 Å². The molecule has 0 bridgehead atoms. The van der Waals surface area contributed by atoms with Crippen LogP contribution in [-0.4, -0.2) is 0 Å². The summed E-state index contributed by atoms with van der Waals surface area (Å²) in [6.07, 6.45) is 0. The maximum atomic E-state index is 13.0. The molecule has 0 amide bonds. The predicted molar refractivity (Wildman–Crippen MR) is 44.4 cm³/mol. The van der Waals surface area contributed by atoms with Gasteiger partial charge >= 0.3 is 0 Å². The first-order valence-corrected chi connectivity index (χ1v) is 4.71. The van der Waals surface area contributed by atoms with Gasteiger partial charge in [0, 0.05) is 10.3 Å². The van der Waals surface area contributed by atoms with Crippen molar-refractivity contribution in [3.05, 3.63) is 21.9 Å². The molecule has 11 heavy (non-hydrogen) atoms. The van der Waals surface area contributed by atoms with Crippen molar-refractivity contribution in [2.45, 2.75) is 6.92 Å². The van der Waals surface area contributed by atoms with Crippen LogP contribution in [0.15, 0.2) is 5.38 Å². The summed E-state index contributed by atoms with van der Waals surface area (Å²) < 4.78 is 26.7. The molecule has 0 N–H and O–H groups in total. The van der Waals surface area contributed by atoms with E-state index in [9.17, 15) is 8.78 Å². The second-order valence-corrected chi connectivity index (χ2v) is 4.32. The molecule has 0 aliphatic rings. The molecule has 0 radical (unpaired) electrons. The Morgan fingerprint density at radius 1 is 1.27 bits per heavy atom. The number of fused-ring (bicyclic) bond motifs is 1. The molecule has 58 valence electrons. The van der Waals surface area contributed by atoms with E-state index in [0.29, 0.717) is 14.3 Å². The summed E-state index contributed by atoms with van der Waals surface area (Å²) in [4.78, 5) is 0.561. The van der Waals surface area contributed by atoms with Gasteiger partial charge in [-0.05, 0) is 6.92 Å². The molecular weight excluding hydrogens is 186 g/mol. The summed E-state index contributed by atoms with van der Waals surface area (Å²) in [5.41, 5.74) is 0. The van der Waals surface area contributed by atoms with Crippen molar-refractivity contribution in [3.63, 3.8) is 0 Å². The van der Waals surface area contributed by atoms with Gasteiger partial charge in [0.05, 0.1) is 9.40 Å². The lowest BCUT2D eigenvalue weighted by Crippen LogP contribution is -1.65. The molecule has 0 spiro atoms. The van der Waals surface area contributed by atoms with Gasteiger partial charge in [-0.2, -0.15) is 0 Å². The lowest BCUT2D eigenvalue weighted by atomic mass is 10.4. The number of halogens is 2. The number of hydrogen-bond acceptors (Lipinski definition) is 2. The Bertz CT molecular complexity index is 400. The Hall–Kier alpha value is -0.480. The fourth-order valence-corrected chi connectivity index (χ4v) is 2.98. The Morgan fingerprint density at radius 2 is 2.00 bits per heavy atom. The van der Waals surface area contributed by atoms with Crippen molar-refractivity contribution in [1.82, 2.24) is 0 Å². The van der Waals surface area contributed by atoms with Crippen LogP contribution in [-0.2, 0) is 0 Å². The first kappa shape index (κ1) is 7.18. The number of hydrogen-bond donors (Lipinski definition) is 0. The highest BCUT2D eigenvalue weighted by Crippen LogP contribution is 2.35. The van der Waals surface area contributed by atoms with Crippen LogP contribution in [0, 0.1) is 18.6 Å². The quantitative estimate of drug-likeness (QED) is 0.596. The second kappa shape index (κ2) is 2.25.